The molecule has 1 aromatic carbocycles. The quantitative estimate of drug-likeness (QED) is 0.770. The first-order valence-electron chi connectivity index (χ1n) is 8.07. The van der Waals surface area contributed by atoms with Gasteiger partial charge >= 0.3 is 0 Å². The fourth-order valence-corrected chi connectivity index (χ4v) is 3.61. The average molecular weight is 305 g/mol. The van der Waals surface area contributed by atoms with Crippen LogP contribution in [-0.4, -0.2) is 24.7 Å². The fraction of sp³-hybridized carbons (Fsp3) is 0.611. The minimum atomic E-state index is 0.268. The summed E-state index contributed by atoms with van der Waals surface area (Å²) in [6.07, 6.45) is 6.53. The van der Waals surface area contributed by atoms with Crippen LogP contribution in [0, 0.1) is 11.8 Å². The normalized spacial score (nSPS) is 18.4. The number of ether oxygens (including phenoxy) is 1. The van der Waals surface area contributed by atoms with Gasteiger partial charge in [0.15, 0.2) is 0 Å². The van der Waals surface area contributed by atoms with Crippen molar-refractivity contribution >= 4 is 17.2 Å². The number of thiocarbonyl (C=S) groups is 1. The molecule has 2 atom stereocenters. The van der Waals surface area contributed by atoms with Gasteiger partial charge in [-0.1, -0.05) is 62.3 Å². The Morgan fingerprint density at radius 3 is 2.57 bits per heavy atom. The highest BCUT2D eigenvalue weighted by molar-refractivity contribution is 7.80. The third-order valence-corrected chi connectivity index (χ3v) is 5.11. The summed E-state index contributed by atoms with van der Waals surface area (Å²) < 4.78 is 5.75. The Hall–Kier alpha value is -0.930. The number of methoxy groups -OCH3 is 1. The van der Waals surface area contributed by atoms with Gasteiger partial charge in [-0.05, 0) is 30.7 Å². The van der Waals surface area contributed by atoms with E-state index in [9.17, 15) is 0 Å². The zero-order chi connectivity index (χ0) is 15.1. The first kappa shape index (κ1) is 16.4. The topological polar surface area (TPSA) is 21.3 Å². The Kier molecular flexibility index (Phi) is 6.65. The highest BCUT2D eigenvalue weighted by Gasteiger charge is 2.31. The molecule has 0 amide bonds. The molecular weight excluding hydrogens is 278 g/mol. The second kappa shape index (κ2) is 8.50. The zero-order valence-corrected chi connectivity index (χ0v) is 14.0. The van der Waals surface area contributed by atoms with Gasteiger partial charge in [0.2, 0.25) is 0 Å². The molecule has 0 radical (unpaired) electrons. The van der Waals surface area contributed by atoms with E-state index in [0.29, 0.717) is 11.8 Å². The van der Waals surface area contributed by atoms with E-state index in [0.717, 1.165) is 18.0 Å². The van der Waals surface area contributed by atoms with Gasteiger partial charge < -0.3 is 10.1 Å². The Labute approximate surface area is 134 Å². The number of hydrogen-bond donors (Lipinski definition) is 1. The minimum absolute atomic E-state index is 0.268. The Bertz CT molecular complexity index is 428. The molecule has 0 bridgehead atoms. The molecule has 0 spiro atoms. The third kappa shape index (κ3) is 4.79. The molecule has 3 heteroatoms. The number of nitrogens with one attached hydrogen (secondary N) is 1. The maximum Gasteiger partial charge on any atom is 0.0808 e. The van der Waals surface area contributed by atoms with Crippen molar-refractivity contribution in [3.8, 4) is 0 Å². The van der Waals surface area contributed by atoms with E-state index in [2.05, 4.69) is 42.6 Å². The minimum Gasteiger partial charge on any atom is -0.380 e. The summed E-state index contributed by atoms with van der Waals surface area (Å²) in [4.78, 5) is 0.949. The predicted octanol–water partition coefficient (Wildman–Crippen LogP) is 3.99. The zero-order valence-electron chi connectivity index (χ0n) is 13.2. The lowest BCUT2D eigenvalue weighted by molar-refractivity contribution is 0.0329. The highest BCUT2D eigenvalue weighted by Crippen LogP contribution is 2.32. The van der Waals surface area contributed by atoms with Crippen LogP contribution < -0.4 is 5.32 Å². The SMILES string of the molecule is CO[C@@H](C1CCCC1)[C@@H](C)C(=S)NCCc1ccccc1. The maximum absolute atomic E-state index is 5.75. The van der Waals surface area contributed by atoms with Crippen LogP contribution in [0.2, 0.25) is 0 Å². The standard InChI is InChI=1S/C18H27NOS/c1-14(17(20-2)16-10-6-7-11-16)18(21)19-13-12-15-8-4-3-5-9-15/h3-5,8-9,14,16-17H,6-7,10-13H2,1-2H3,(H,19,21)/t14-,17-/m1/s1. The number of rotatable bonds is 7. The average Bonchev–Trinajstić information content (AvgIpc) is 3.03. The molecule has 116 valence electrons. The van der Waals surface area contributed by atoms with E-state index in [1.165, 1.54) is 31.2 Å². The van der Waals surface area contributed by atoms with Crippen LogP contribution in [0.5, 0.6) is 0 Å². The molecule has 1 fully saturated rings. The molecule has 21 heavy (non-hydrogen) atoms. The molecule has 0 aromatic heterocycles. The van der Waals surface area contributed by atoms with Crippen LogP contribution >= 0.6 is 12.2 Å². The lowest BCUT2D eigenvalue weighted by Gasteiger charge is -2.29. The van der Waals surface area contributed by atoms with E-state index in [-0.39, 0.29) is 6.10 Å². The van der Waals surface area contributed by atoms with E-state index < -0.39 is 0 Å². The monoisotopic (exact) mass is 305 g/mol. The molecule has 0 aliphatic heterocycles. The van der Waals surface area contributed by atoms with Crippen LogP contribution in [0.4, 0.5) is 0 Å². The van der Waals surface area contributed by atoms with Gasteiger partial charge in [0, 0.05) is 19.6 Å². The number of hydrogen-bond acceptors (Lipinski definition) is 2. The van der Waals surface area contributed by atoms with Crippen molar-refractivity contribution in [2.45, 2.75) is 45.1 Å². The molecule has 2 nitrogen and oxygen atoms in total. The van der Waals surface area contributed by atoms with Gasteiger partial charge in [0.25, 0.3) is 0 Å². The summed E-state index contributed by atoms with van der Waals surface area (Å²) in [5.41, 5.74) is 1.35. The van der Waals surface area contributed by atoms with E-state index in [1.54, 1.807) is 0 Å². The molecule has 1 N–H and O–H groups in total. The van der Waals surface area contributed by atoms with Crippen LogP contribution in [0.15, 0.2) is 30.3 Å². The second-order valence-corrected chi connectivity index (χ2v) is 6.50. The summed E-state index contributed by atoms with van der Waals surface area (Å²) in [7, 11) is 1.83. The summed E-state index contributed by atoms with van der Waals surface area (Å²) >= 11 is 5.58. The lowest BCUT2D eigenvalue weighted by Crippen LogP contribution is -2.39. The summed E-state index contributed by atoms with van der Waals surface area (Å²) in [6.45, 7) is 3.10. The van der Waals surface area contributed by atoms with Crippen LogP contribution in [0.25, 0.3) is 0 Å². The Morgan fingerprint density at radius 2 is 1.95 bits per heavy atom. The van der Waals surface area contributed by atoms with Crippen molar-refractivity contribution in [2.75, 3.05) is 13.7 Å². The molecule has 1 aliphatic rings. The van der Waals surface area contributed by atoms with Crippen molar-refractivity contribution in [3.63, 3.8) is 0 Å². The van der Waals surface area contributed by atoms with Gasteiger partial charge in [-0.25, -0.2) is 0 Å². The number of benzene rings is 1. The van der Waals surface area contributed by atoms with Crippen molar-refractivity contribution in [3.05, 3.63) is 35.9 Å². The maximum atomic E-state index is 5.75. The lowest BCUT2D eigenvalue weighted by atomic mass is 9.90. The molecule has 1 saturated carbocycles. The molecule has 0 unspecified atom stereocenters. The summed E-state index contributed by atoms with van der Waals surface area (Å²) in [5.74, 6) is 0.975. The predicted molar refractivity (Wildman–Crippen MR) is 92.7 cm³/mol. The highest BCUT2D eigenvalue weighted by atomic mass is 32.1. The third-order valence-electron chi connectivity index (χ3n) is 4.60. The van der Waals surface area contributed by atoms with Gasteiger partial charge in [0.1, 0.15) is 0 Å². The van der Waals surface area contributed by atoms with E-state index in [4.69, 9.17) is 17.0 Å². The van der Waals surface area contributed by atoms with Gasteiger partial charge in [-0.3, -0.25) is 0 Å². The molecular formula is C18H27NOS. The van der Waals surface area contributed by atoms with Gasteiger partial charge in [-0.2, -0.15) is 0 Å². The van der Waals surface area contributed by atoms with Crippen molar-refractivity contribution < 1.29 is 4.74 Å². The van der Waals surface area contributed by atoms with E-state index >= 15 is 0 Å². The molecule has 1 aliphatic carbocycles. The summed E-state index contributed by atoms with van der Waals surface area (Å²) in [6, 6.07) is 10.5. The van der Waals surface area contributed by atoms with Gasteiger partial charge in [-0.15, -0.1) is 0 Å². The Balaban J connectivity index is 1.78. The van der Waals surface area contributed by atoms with Crippen LogP contribution in [0.3, 0.4) is 0 Å². The first-order valence-corrected chi connectivity index (χ1v) is 8.47. The van der Waals surface area contributed by atoms with Crippen LogP contribution in [0.1, 0.15) is 38.2 Å². The smallest absolute Gasteiger partial charge is 0.0808 e. The second-order valence-electron chi connectivity index (χ2n) is 6.06. The van der Waals surface area contributed by atoms with E-state index in [1.807, 2.05) is 7.11 Å². The molecule has 2 rings (SSSR count). The molecule has 0 saturated heterocycles. The first-order chi connectivity index (χ1) is 10.2. The van der Waals surface area contributed by atoms with Crippen LogP contribution in [-0.2, 0) is 11.2 Å². The van der Waals surface area contributed by atoms with Crippen molar-refractivity contribution in [1.29, 1.82) is 0 Å². The Morgan fingerprint density at radius 1 is 1.29 bits per heavy atom. The molecule has 0 heterocycles. The largest absolute Gasteiger partial charge is 0.380 e. The summed E-state index contributed by atoms with van der Waals surface area (Å²) in [5, 5.41) is 3.42. The molecule has 1 aromatic rings. The van der Waals surface area contributed by atoms with Gasteiger partial charge in [0.05, 0.1) is 11.1 Å². The van der Waals surface area contributed by atoms with Crippen molar-refractivity contribution in [2.24, 2.45) is 11.8 Å². The van der Waals surface area contributed by atoms with Crippen molar-refractivity contribution in [1.82, 2.24) is 5.32 Å². The fourth-order valence-electron chi connectivity index (χ4n) is 3.38.